The van der Waals surface area contributed by atoms with Gasteiger partial charge < -0.3 is 14.6 Å². The Morgan fingerprint density at radius 1 is 1.13 bits per heavy atom. The quantitative estimate of drug-likeness (QED) is 0.343. The topological polar surface area (TPSA) is 168 Å². The van der Waals surface area contributed by atoms with Gasteiger partial charge >= 0.3 is 11.4 Å². The van der Waals surface area contributed by atoms with Crippen molar-refractivity contribution in [2.75, 3.05) is 18.4 Å². The Morgan fingerprint density at radius 3 is 2.72 bits per heavy atom. The summed E-state index contributed by atoms with van der Waals surface area (Å²) in [5, 5.41) is 18.1. The van der Waals surface area contributed by atoms with Crippen molar-refractivity contribution in [3.05, 3.63) is 78.4 Å². The number of hydrogen-bond donors (Lipinski definition) is 2. The van der Waals surface area contributed by atoms with Gasteiger partial charge in [-0.1, -0.05) is 0 Å². The summed E-state index contributed by atoms with van der Waals surface area (Å²) in [6.07, 6.45) is 1.41. The number of nitrogens with one attached hydrogen (secondary N) is 2. The van der Waals surface area contributed by atoms with Gasteiger partial charge in [0.15, 0.2) is 11.3 Å². The minimum absolute atomic E-state index is 0.117. The number of benzene rings is 1. The first-order valence-corrected chi connectivity index (χ1v) is 13.1. The number of aromatic amines is 1. The largest absolute Gasteiger partial charge is 0.419 e. The van der Waals surface area contributed by atoms with E-state index in [4.69, 9.17) is 0 Å². The van der Waals surface area contributed by atoms with Crippen LogP contribution in [-0.2, 0) is 0 Å². The minimum atomic E-state index is -0.843. The van der Waals surface area contributed by atoms with Crippen LogP contribution in [0, 0.1) is 13.8 Å². The highest BCUT2D eigenvalue weighted by atomic mass is 32.1. The Morgan fingerprint density at radius 2 is 1.92 bits per heavy atom. The summed E-state index contributed by atoms with van der Waals surface area (Å²) in [6, 6.07) is 6.34. The summed E-state index contributed by atoms with van der Waals surface area (Å²) < 4.78 is 6.19. The summed E-state index contributed by atoms with van der Waals surface area (Å²) in [6.45, 7) is 4.73. The number of fused-ring (bicyclic) bond motifs is 2. The summed E-state index contributed by atoms with van der Waals surface area (Å²) in [7, 11) is 0. The van der Waals surface area contributed by atoms with Crippen LogP contribution in [0.5, 0.6) is 0 Å². The molecular formula is C25H22N8O5S. The van der Waals surface area contributed by atoms with E-state index in [1.807, 2.05) is 19.9 Å². The number of thiazole rings is 1. The number of anilines is 1. The van der Waals surface area contributed by atoms with E-state index < -0.39 is 17.3 Å². The fourth-order valence-electron chi connectivity index (χ4n) is 4.70. The average molecular weight is 547 g/mol. The maximum atomic E-state index is 13.2. The zero-order valence-electron chi connectivity index (χ0n) is 20.9. The Hall–Kier alpha value is -4.72. The lowest BCUT2D eigenvalue weighted by Crippen LogP contribution is -2.39. The lowest BCUT2D eigenvalue weighted by atomic mass is 9.97. The van der Waals surface area contributed by atoms with Crippen molar-refractivity contribution in [3.8, 4) is 0 Å². The minimum Gasteiger partial charge on any atom is -0.372 e. The Labute approximate surface area is 223 Å². The lowest BCUT2D eigenvalue weighted by Gasteiger charge is -2.31. The van der Waals surface area contributed by atoms with Crippen LogP contribution < -0.4 is 16.7 Å². The number of nitrogens with zero attached hydrogens (tertiary/aromatic N) is 6. The van der Waals surface area contributed by atoms with Gasteiger partial charge in [0.25, 0.3) is 11.8 Å². The number of rotatable bonds is 4. The molecule has 1 saturated heterocycles. The number of aryl methyl sites for hydroxylation is 2. The number of aromatic nitrogens is 6. The van der Waals surface area contributed by atoms with Crippen molar-refractivity contribution in [2.45, 2.75) is 32.6 Å². The Kier molecular flexibility index (Phi) is 6.02. The third-order valence-corrected chi connectivity index (χ3v) is 7.74. The second-order valence-corrected chi connectivity index (χ2v) is 10.2. The molecule has 1 aliphatic rings. The molecule has 198 valence electrons. The molecule has 6 rings (SSSR count). The number of piperidine rings is 1. The van der Waals surface area contributed by atoms with Gasteiger partial charge in [0.05, 0.1) is 27.3 Å². The molecule has 5 heterocycles. The lowest BCUT2D eigenvalue weighted by molar-refractivity contribution is 0.0704. The SMILES string of the molecule is Cc1cc2nnc(C(=O)N3CCC(c4nc(C(=O)Nc5ccc6[nH]c(=O)oc(=O)c6c5)cs4)CC3)c(C)n2n1. The third kappa shape index (κ3) is 4.58. The molecule has 0 spiro atoms. The molecule has 4 aromatic heterocycles. The highest BCUT2D eigenvalue weighted by molar-refractivity contribution is 7.10. The second-order valence-electron chi connectivity index (χ2n) is 9.34. The monoisotopic (exact) mass is 546 g/mol. The van der Waals surface area contributed by atoms with Crippen molar-refractivity contribution in [2.24, 2.45) is 0 Å². The van der Waals surface area contributed by atoms with Crippen LogP contribution >= 0.6 is 11.3 Å². The molecule has 13 nitrogen and oxygen atoms in total. The molecule has 1 fully saturated rings. The molecule has 0 saturated carbocycles. The first-order valence-electron chi connectivity index (χ1n) is 12.2. The van der Waals surface area contributed by atoms with Gasteiger partial charge in [-0.25, -0.2) is 19.1 Å². The van der Waals surface area contributed by atoms with E-state index in [2.05, 4.69) is 35.0 Å². The van der Waals surface area contributed by atoms with Gasteiger partial charge in [-0.05, 0) is 44.9 Å². The number of carbonyl (C=O) groups excluding carboxylic acids is 2. The van der Waals surface area contributed by atoms with E-state index >= 15 is 0 Å². The first kappa shape index (κ1) is 24.6. The van der Waals surface area contributed by atoms with Gasteiger partial charge in [0, 0.05) is 36.1 Å². The number of hydrogen-bond acceptors (Lipinski definition) is 10. The van der Waals surface area contributed by atoms with Gasteiger partial charge in [-0.3, -0.25) is 14.6 Å². The highest BCUT2D eigenvalue weighted by Crippen LogP contribution is 2.31. The number of likely N-dealkylation sites (tertiary alicyclic amines) is 1. The van der Waals surface area contributed by atoms with Crippen molar-refractivity contribution in [3.63, 3.8) is 0 Å². The van der Waals surface area contributed by atoms with Crippen molar-refractivity contribution >= 4 is 45.4 Å². The molecule has 0 unspecified atom stereocenters. The zero-order chi connectivity index (χ0) is 27.3. The van der Waals surface area contributed by atoms with E-state index in [0.717, 1.165) is 10.7 Å². The third-order valence-electron chi connectivity index (χ3n) is 6.73. The highest BCUT2D eigenvalue weighted by Gasteiger charge is 2.29. The smallest absolute Gasteiger partial charge is 0.372 e. The molecule has 2 N–H and O–H groups in total. The molecule has 2 amide bonds. The summed E-state index contributed by atoms with van der Waals surface area (Å²) >= 11 is 1.40. The van der Waals surface area contributed by atoms with Crippen LogP contribution in [0.25, 0.3) is 16.6 Å². The molecule has 0 aliphatic carbocycles. The second kappa shape index (κ2) is 9.54. The molecule has 14 heteroatoms. The van der Waals surface area contributed by atoms with E-state index in [0.29, 0.717) is 48.5 Å². The molecule has 1 aliphatic heterocycles. The Balaban J connectivity index is 1.11. The molecule has 0 radical (unpaired) electrons. The first-order chi connectivity index (χ1) is 18.8. The normalized spacial score (nSPS) is 14.3. The molecule has 0 bridgehead atoms. The van der Waals surface area contributed by atoms with Gasteiger partial charge in [-0.15, -0.1) is 21.5 Å². The van der Waals surface area contributed by atoms with Gasteiger partial charge in [-0.2, -0.15) is 5.10 Å². The zero-order valence-corrected chi connectivity index (χ0v) is 21.7. The molecule has 39 heavy (non-hydrogen) atoms. The van der Waals surface area contributed by atoms with Crippen molar-refractivity contribution in [1.29, 1.82) is 0 Å². The molecule has 5 aromatic rings. The predicted octanol–water partition coefficient (Wildman–Crippen LogP) is 2.26. The van der Waals surface area contributed by atoms with Crippen LogP contribution in [0.15, 0.2) is 43.7 Å². The van der Waals surface area contributed by atoms with Crippen LogP contribution in [0.2, 0.25) is 0 Å². The Bertz CT molecular complexity index is 1880. The van der Waals surface area contributed by atoms with E-state index in [1.54, 1.807) is 20.9 Å². The molecule has 0 atom stereocenters. The van der Waals surface area contributed by atoms with E-state index in [9.17, 15) is 19.2 Å². The van der Waals surface area contributed by atoms with Crippen LogP contribution in [0.4, 0.5) is 5.69 Å². The van der Waals surface area contributed by atoms with Gasteiger partial charge in [0.1, 0.15) is 5.69 Å². The van der Waals surface area contributed by atoms with E-state index in [1.165, 1.54) is 23.5 Å². The van der Waals surface area contributed by atoms with E-state index in [-0.39, 0.29) is 28.6 Å². The summed E-state index contributed by atoms with van der Waals surface area (Å²) in [4.78, 5) is 58.0. The fraction of sp³-hybridized carbons (Fsp3) is 0.280. The number of carbonyl (C=O) groups is 2. The standard InChI is InChI=1S/C25H22N8O5S/c1-12-9-19-29-30-20(13(2)33(19)31-12)23(35)32-7-5-14(6-8-32)22-27-18(11-39-22)21(34)26-15-3-4-17-16(10-15)24(36)38-25(37)28-17/h3-4,9-11,14H,5-8H2,1-2H3,(H,26,34)(H,28,37). The maximum Gasteiger partial charge on any atom is 0.419 e. The van der Waals surface area contributed by atoms with Crippen molar-refractivity contribution in [1.82, 2.24) is 34.7 Å². The molecule has 1 aromatic carbocycles. The van der Waals surface area contributed by atoms with Crippen molar-refractivity contribution < 1.29 is 14.0 Å². The van der Waals surface area contributed by atoms with Crippen LogP contribution in [0.3, 0.4) is 0 Å². The molecular weight excluding hydrogens is 524 g/mol. The summed E-state index contributed by atoms with van der Waals surface area (Å²) in [5.74, 6) is -1.33. The average Bonchev–Trinajstić information content (AvgIpc) is 3.56. The predicted molar refractivity (Wildman–Crippen MR) is 141 cm³/mol. The number of H-pyrrole nitrogens is 1. The fourth-order valence-corrected chi connectivity index (χ4v) is 5.67. The van der Waals surface area contributed by atoms with Crippen LogP contribution in [0.1, 0.15) is 56.1 Å². The summed E-state index contributed by atoms with van der Waals surface area (Å²) in [5.41, 5.74) is 2.50. The van der Waals surface area contributed by atoms with Crippen LogP contribution in [-0.4, -0.2) is 59.6 Å². The maximum absolute atomic E-state index is 13.2. The van der Waals surface area contributed by atoms with Gasteiger partial charge in [0.2, 0.25) is 0 Å². The number of amides is 2.